The standard InChI is InChI=1S/C19H20Cl2N2O4/c1-2-26-14-4-6-15(7-5-14)27-12-18(24)22-9-10-23-19(25)16-8-3-13(20)11-17(16)21/h3-8,11H,2,9-10,12H2,1H3,(H,22,24)(H,23,25). The number of hydrogen-bond donors (Lipinski definition) is 2. The van der Waals surface area contributed by atoms with Gasteiger partial charge >= 0.3 is 0 Å². The quantitative estimate of drug-likeness (QED) is 0.621. The van der Waals surface area contributed by atoms with E-state index in [-0.39, 0.29) is 36.5 Å². The van der Waals surface area contributed by atoms with Crippen LogP contribution in [0.2, 0.25) is 10.0 Å². The Bertz CT molecular complexity index is 782. The van der Waals surface area contributed by atoms with Crippen molar-refractivity contribution in [1.82, 2.24) is 10.6 Å². The fourth-order valence-corrected chi connectivity index (χ4v) is 2.64. The van der Waals surface area contributed by atoms with Gasteiger partial charge in [-0.1, -0.05) is 23.2 Å². The minimum atomic E-state index is -0.337. The van der Waals surface area contributed by atoms with Crippen molar-refractivity contribution in [3.05, 3.63) is 58.1 Å². The minimum Gasteiger partial charge on any atom is -0.494 e. The van der Waals surface area contributed by atoms with Crippen molar-refractivity contribution in [3.8, 4) is 11.5 Å². The molecule has 2 amide bonds. The molecule has 0 heterocycles. The maximum Gasteiger partial charge on any atom is 0.258 e. The Balaban J connectivity index is 1.66. The van der Waals surface area contributed by atoms with Crippen molar-refractivity contribution in [2.24, 2.45) is 0 Å². The number of amides is 2. The Labute approximate surface area is 167 Å². The topological polar surface area (TPSA) is 76.7 Å². The van der Waals surface area contributed by atoms with E-state index in [1.807, 2.05) is 6.92 Å². The van der Waals surface area contributed by atoms with E-state index in [0.29, 0.717) is 22.9 Å². The molecule has 2 aromatic rings. The molecule has 0 bridgehead atoms. The molecular formula is C19H20Cl2N2O4. The molecule has 0 fully saturated rings. The van der Waals surface area contributed by atoms with Gasteiger partial charge in [-0.3, -0.25) is 9.59 Å². The van der Waals surface area contributed by atoms with Crippen LogP contribution in [0.1, 0.15) is 17.3 Å². The van der Waals surface area contributed by atoms with E-state index >= 15 is 0 Å². The van der Waals surface area contributed by atoms with E-state index in [1.54, 1.807) is 36.4 Å². The highest BCUT2D eigenvalue weighted by Gasteiger charge is 2.10. The Hall–Kier alpha value is -2.44. The van der Waals surface area contributed by atoms with Crippen LogP contribution in [0, 0.1) is 0 Å². The van der Waals surface area contributed by atoms with Gasteiger partial charge in [0.15, 0.2) is 6.61 Å². The summed E-state index contributed by atoms with van der Waals surface area (Å²) < 4.78 is 10.7. The van der Waals surface area contributed by atoms with Crippen LogP contribution in [-0.4, -0.2) is 38.1 Å². The summed E-state index contributed by atoms with van der Waals surface area (Å²) in [5.41, 5.74) is 0.325. The first-order valence-corrected chi connectivity index (χ1v) is 9.10. The van der Waals surface area contributed by atoms with Gasteiger partial charge in [0.1, 0.15) is 11.5 Å². The number of benzene rings is 2. The molecule has 0 saturated carbocycles. The maximum absolute atomic E-state index is 12.0. The lowest BCUT2D eigenvalue weighted by Gasteiger charge is -2.10. The van der Waals surface area contributed by atoms with E-state index in [1.165, 1.54) is 6.07 Å². The molecule has 0 atom stereocenters. The van der Waals surface area contributed by atoms with Crippen molar-refractivity contribution in [3.63, 3.8) is 0 Å². The molecular weight excluding hydrogens is 391 g/mol. The molecule has 0 aliphatic carbocycles. The summed E-state index contributed by atoms with van der Waals surface area (Å²) in [5, 5.41) is 6.05. The molecule has 2 rings (SSSR count). The number of carbonyl (C=O) groups excluding carboxylic acids is 2. The Morgan fingerprint density at radius 2 is 1.56 bits per heavy atom. The van der Waals surface area contributed by atoms with Crippen LogP contribution >= 0.6 is 23.2 Å². The minimum absolute atomic E-state index is 0.120. The van der Waals surface area contributed by atoms with Gasteiger partial charge in [0.25, 0.3) is 11.8 Å². The molecule has 2 N–H and O–H groups in total. The second-order valence-corrected chi connectivity index (χ2v) is 6.27. The predicted octanol–water partition coefficient (Wildman–Crippen LogP) is 3.32. The normalized spacial score (nSPS) is 10.2. The van der Waals surface area contributed by atoms with Gasteiger partial charge in [0.2, 0.25) is 0 Å². The van der Waals surface area contributed by atoms with Gasteiger partial charge in [-0.2, -0.15) is 0 Å². The molecule has 0 unspecified atom stereocenters. The van der Waals surface area contributed by atoms with Crippen LogP contribution < -0.4 is 20.1 Å². The fourth-order valence-electron chi connectivity index (χ4n) is 2.15. The number of rotatable bonds is 9. The molecule has 0 radical (unpaired) electrons. The fraction of sp³-hybridized carbons (Fsp3) is 0.263. The zero-order chi connectivity index (χ0) is 19.6. The van der Waals surface area contributed by atoms with E-state index < -0.39 is 0 Å². The summed E-state index contributed by atoms with van der Waals surface area (Å²) in [4.78, 5) is 23.8. The lowest BCUT2D eigenvalue weighted by atomic mass is 10.2. The summed E-state index contributed by atoms with van der Waals surface area (Å²) >= 11 is 11.8. The largest absolute Gasteiger partial charge is 0.494 e. The van der Waals surface area contributed by atoms with Crippen molar-refractivity contribution >= 4 is 35.0 Å². The summed E-state index contributed by atoms with van der Waals surface area (Å²) in [6, 6.07) is 11.6. The molecule has 144 valence electrons. The van der Waals surface area contributed by atoms with Gasteiger partial charge in [-0.25, -0.2) is 0 Å². The lowest BCUT2D eigenvalue weighted by Crippen LogP contribution is -2.36. The Morgan fingerprint density at radius 3 is 2.19 bits per heavy atom. The molecule has 2 aromatic carbocycles. The molecule has 0 spiro atoms. The number of ether oxygens (including phenoxy) is 2. The van der Waals surface area contributed by atoms with Crippen molar-refractivity contribution in [2.75, 3.05) is 26.3 Å². The number of hydrogen-bond acceptors (Lipinski definition) is 4. The third-order valence-corrected chi connectivity index (χ3v) is 3.96. The van der Waals surface area contributed by atoms with Gasteiger partial charge in [-0.15, -0.1) is 0 Å². The SMILES string of the molecule is CCOc1ccc(OCC(=O)NCCNC(=O)c2ccc(Cl)cc2Cl)cc1. The van der Waals surface area contributed by atoms with Crippen LogP contribution in [0.15, 0.2) is 42.5 Å². The summed E-state index contributed by atoms with van der Waals surface area (Å²) in [6.45, 7) is 2.89. The number of carbonyl (C=O) groups is 2. The van der Waals surface area contributed by atoms with Gasteiger partial charge in [0, 0.05) is 18.1 Å². The van der Waals surface area contributed by atoms with Crippen LogP contribution in [-0.2, 0) is 4.79 Å². The van der Waals surface area contributed by atoms with Crippen LogP contribution in [0.3, 0.4) is 0 Å². The summed E-state index contributed by atoms with van der Waals surface area (Å²) in [6.07, 6.45) is 0. The second-order valence-electron chi connectivity index (χ2n) is 5.42. The van der Waals surface area contributed by atoms with Crippen LogP contribution in [0.25, 0.3) is 0 Å². The lowest BCUT2D eigenvalue weighted by molar-refractivity contribution is -0.123. The molecule has 8 heteroatoms. The molecule has 0 aromatic heterocycles. The monoisotopic (exact) mass is 410 g/mol. The van der Waals surface area contributed by atoms with Crippen LogP contribution in [0.4, 0.5) is 0 Å². The van der Waals surface area contributed by atoms with Gasteiger partial charge in [-0.05, 0) is 49.4 Å². The van der Waals surface area contributed by atoms with Crippen molar-refractivity contribution in [2.45, 2.75) is 6.92 Å². The predicted molar refractivity (Wildman–Crippen MR) is 105 cm³/mol. The molecule has 0 aliphatic heterocycles. The van der Waals surface area contributed by atoms with Crippen molar-refractivity contribution < 1.29 is 19.1 Å². The first kappa shape index (κ1) is 20.9. The highest BCUT2D eigenvalue weighted by atomic mass is 35.5. The Kier molecular flexibility index (Phi) is 8.23. The Morgan fingerprint density at radius 1 is 0.926 bits per heavy atom. The summed E-state index contributed by atoms with van der Waals surface area (Å²) in [7, 11) is 0. The molecule has 27 heavy (non-hydrogen) atoms. The van der Waals surface area contributed by atoms with E-state index in [9.17, 15) is 9.59 Å². The molecule has 0 saturated heterocycles. The van der Waals surface area contributed by atoms with Crippen molar-refractivity contribution in [1.29, 1.82) is 0 Å². The smallest absolute Gasteiger partial charge is 0.258 e. The zero-order valence-electron chi connectivity index (χ0n) is 14.8. The number of halogens is 2. The molecule has 6 nitrogen and oxygen atoms in total. The second kappa shape index (κ2) is 10.6. The maximum atomic E-state index is 12.0. The van der Waals surface area contributed by atoms with Gasteiger partial charge < -0.3 is 20.1 Å². The highest BCUT2D eigenvalue weighted by molar-refractivity contribution is 6.36. The van der Waals surface area contributed by atoms with Gasteiger partial charge in [0.05, 0.1) is 17.2 Å². The van der Waals surface area contributed by atoms with E-state index in [2.05, 4.69) is 10.6 Å². The molecule has 0 aliphatic rings. The third-order valence-electron chi connectivity index (χ3n) is 3.41. The third kappa shape index (κ3) is 7.00. The summed E-state index contributed by atoms with van der Waals surface area (Å²) in [5.74, 6) is 0.685. The first-order valence-electron chi connectivity index (χ1n) is 8.35. The van der Waals surface area contributed by atoms with E-state index in [4.69, 9.17) is 32.7 Å². The highest BCUT2D eigenvalue weighted by Crippen LogP contribution is 2.20. The average molecular weight is 411 g/mol. The first-order chi connectivity index (χ1) is 13.0. The zero-order valence-corrected chi connectivity index (χ0v) is 16.3. The van der Waals surface area contributed by atoms with Crippen LogP contribution in [0.5, 0.6) is 11.5 Å². The number of nitrogens with one attached hydrogen (secondary N) is 2. The van der Waals surface area contributed by atoms with E-state index in [0.717, 1.165) is 5.75 Å². The average Bonchev–Trinajstić information content (AvgIpc) is 2.65.